The van der Waals surface area contributed by atoms with Gasteiger partial charge in [-0.1, -0.05) is 35.9 Å². The number of thiazole rings is 1. The lowest BCUT2D eigenvalue weighted by molar-refractivity contribution is -0.131. The lowest BCUT2D eigenvalue weighted by Gasteiger charge is -2.23. The molecule has 0 saturated carbocycles. The van der Waals surface area contributed by atoms with Gasteiger partial charge in [-0.2, -0.15) is 0 Å². The molecule has 9 heteroatoms. The van der Waals surface area contributed by atoms with Gasteiger partial charge in [0, 0.05) is 10.9 Å². The number of nitrogens with zero attached hydrogens (tertiary/aromatic N) is 2. The molecule has 3 aromatic rings. The molecule has 1 fully saturated rings. The highest BCUT2D eigenvalue weighted by Crippen LogP contribution is 2.36. The highest BCUT2D eigenvalue weighted by Gasteiger charge is 2.49. The van der Waals surface area contributed by atoms with E-state index in [1.54, 1.807) is 31.2 Å². The maximum Gasteiger partial charge on any atom is 0.325 e. The number of rotatable bonds is 6. The molecular formula is C22H20ClN3O4S. The number of carbonyl (C=O) groups is 2. The monoisotopic (exact) mass is 457 g/mol. The zero-order valence-electron chi connectivity index (χ0n) is 17.1. The standard InChI is InChI=1S/C22H20ClN3O4S/c1-22(13-8-9-17(29-2)18(10-13)30-3)20(27)26(21(28)25-22)11-14-12-31-19(24-14)15-6-4-5-7-16(15)23/h4-10,12H,11H2,1-3H3,(H,25,28). The Balaban J connectivity index is 1.59. The SMILES string of the molecule is COc1ccc(C2(C)NC(=O)N(Cc3csc(-c4ccccc4Cl)n3)C2=O)cc1OC. The van der Waals surface area contributed by atoms with Crippen LogP contribution >= 0.6 is 22.9 Å². The average molecular weight is 458 g/mol. The fraction of sp³-hybridized carbons (Fsp3) is 0.227. The second-order valence-electron chi connectivity index (χ2n) is 7.14. The lowest BCUT2D eigenvalue weighted by Crippen LogP contribution is -2.40. The number of aromatic nitrogens is 1. The van der Waals surface area contributed by atoms with Crippen LogP contribution in [0, 0.1) is 0 Å². The van der Waals surface area contributed by atoms with E-state index in [4.69, 9.17) is 21.1 Å². The largest absolute Gasteiger partial charge is 0.493 e. The summed E-state index contributed by atoms with van der Waals surface area (Å²) in [7, 11) is 3.05. The predicted molar refractivity (Wildman–Crippen MR) is 119 cm³/mol. The van der Waals surface area contributed by atoms with Gasteiger partial charge in [-0.3, -0.25) is 9.69 Å². The molecule has 2 heterocycles. The molecular weight excluding hydrogens is 438 g/mol. The number of urea groups is 1. The molecule has 0 bridgehead atoms. The third kappa shape index (κ3) is 3.73. The molecule has 1 N–H and O–H groups in total. The van der Waals surface area contributed by atoms with Crippen molar-refractivity contribution in [1.82, 2.24) is 15.2 Å². The molecule has 1 aromatic heterocycles. The second-order valence-corrected chi connectivity index (χ2v) is 8.41. The molecule has 0 radical (unpaired) electrons. The van der Waals surface area contributed by atoms with Crippen molar-refractivity contribution in [2.24, 2.45) is 0 Å². The van der Waals surface area contributed by atoms with E-state index < -0.39 is 11.6 Å². The predicted octanol–water partition coefficient (Wildman–Crippen LogP) is 4.45. The van der Waals surface area contributed by atoms with Gasteiger partial charge in [0.15, 0.2) is 11.5 Å². The third-order valence-electron chi connectivity index (χ3n) is 5.21. The van der Waals surface area contributed by atoms with Crippen LogP contribution in [0.5, 0.6) is 11.5 Å². The van der Waals surface area contributed by atoms with Crippen LogP contribution in [0.3, 0.4) is 0 Å². The van der Waals surface area contributed by atoms with Crippen molar-refractivity contribution in [1.29, 1.82) is 0 Å². The van der Waals surface area contributed by atoms with E-state index in [1.165, 1.54) is 30.5 Å². The van der Waals surface area contributed by atoms with E-state index in [2.05, 4.69) is 10.3 Å². The number of hydrogen-bond acceptors (Lipinski definition) is 6. The summed E-state index contributed by atoms with van der Waals surface area (Å²) in [5, 5.41) is 5.95. The van der Waals surface area contributed by atoms with E-state index in [1.807, 2.05) is 23.6 Å². The molecule has 2 aromatic carbocycles. The number of ether oxygens (including phenoxy) is 2. The van der Waals surface area contributed by atoms with E-state index >= 15 is 0 Å². The molecule has 1 atom stereocenters. The highest BCUT2D eigenvalue weighted by molar-refractivity contribution is 7.13. The Bertz CT molecular complexity index is 1170. The number of amides is 3. The average Bonchev–Trinajstić information content (AvgIpc) is 3.32. The summed E-state index contributed by atoms with van der Waals surface area (Å²) < 4.78 is 10.6. The van der Waals surface area contributed by atoms with Gasteiger partial charge in [0.2, 0.25) is 0 Å². The number of hydrogen-bond donors (Lipinski definition) is 1. The molecule has 7 nitrogen and oxygen atoms in total. The molecule has 3 amide bonds. The Kier molecular flexibility index (Phi) is 5.60. The molecule has 4 rings (SSSR count). The summed E-state index contributed by atoms with van der Waals surface area (Å²) in [5.74, 6) is 0.653. The van der Waals surface area contributed by atoms with Crippen molar-refractivity contribution in [3.8, 4) is 22.1 Å². The fourth-order valence-electron chi connectivity index (χ4n) is 3.48. The highest BCUT2D eigenvalue weighted by atomic mass is 35.5. The summed E-state index contributed by atoms with van der Waals surface area (Å²) in [6, 6.07) is 12.1. The first-order valence-electron chi connectivity index (χ1n) is 9.43. The van der Waals surface area contributed by atoms with Gasteiger partial charge in [0.25, 0.3) is 5.91 Å². The Labute approximate surface area is 188 Å². The van der Waals surface area contributed by atoms with Crippen LogP contribution < -0.4 is 14.8 Å². The molecule has 1 unspecified atom stereocenters. The minimum Gasteiger partial charge on any atom is -0.493 e. The number of imide groups is 1. The maximum absolute atomic E-state index is 13.3. The van der Waals surface area contributed by atoms with Crippen molar-refractivity contribution >= 4 is 34.9 Å². The summed E-state index contributed by atoms with van der Waals surface area (Å²) in [6.45, 7) is 1.74. The second kappa shape index (κ2) is 8.20. The number of methoxy groups -OCH3 is 2. The van der Waals surface area contributed by atoms with Crippen LogP contribution in [0.2, 0.25) is 5.02 Å². The molecule has 0 aliphatic carbocycles. The van der Waals surface area contributed by atoms with Gasteiger partial charge in [-0.05, 0) is 30.7 Å². The van der Waals surface area contributed by atoms with Gasteiger partial charge in [0.1, 0.15) is 10.5 Å². The van der Waals surface area contributed by atoms with Gasteiger partial charge in [0.05, 0.1) is 31.5 Å². The van der Waals surface area contributed by atoms with E-state index in [0.29, 0.717) is 27.8 Å². The Morgan fingerprint density at radius 1 is 1.13 bits per heavy atom. The maximum atomic E-state index is 13.3. The van der Waals surface area contributed by atoms with Crippen LogP contribution in [-0.2, 0) is 16.9 Å². The summed E-state index contributed by atoms with van der Waals surface area (Å²) in [4.78, 5) is 31.7. The normalized spacial score (nSPS) is 18.3. The summed E-state index contributed by atoms with van der Waals surface area (Å²) in [6.07, 6.45) is 0. The zero-order valence-corrected chi connectivity index (χ0v) is 18.7. The molecule has 0 spiro atoms. The summed E-state index contributed by atoms with van der Waals surface area (Å²) >= 11 is 7.67. The Hall–Kier alpha value is -3.10. The first-order chi connectivity index (χ1) is 14.9. The Morgan fingerprint density at radius 3 is 2.58 bits per heavy atom. The molecule has 1 saturated heterocycles. The molecule has 1 aliphatic heterocycles. The number of halogens is 1. The number of nitrogens with one attached hydrogen (secondary N) is 1. The van der Waals surface area contributed by atoms with Crippen molar-refractivity contribution in [3.05, 3.63) is 64.1 Å². The van der Waals surface area contributed by atoms with Gasteiger partial charge in [-0.25, -0.2) is 9.78 Å². The van der Waals surface area contributed by atoms with Crippen LogP contribution in [-0.4, -0.2) is 36.0 Å². The van der Waals surface area contributed by atoms with E-state index in [9.17, 15) is 9.59 Å². The Morgan fingerprint density at radius 2 is 1.87 bits per heavy atom. The molecule has 160 valence electrons. The van der Waals surface area contributed by atoms with Crippen molar-refractivity contribution in [2.45, 2.75) is 19.0 Å². The van der Waals surface area contributed by atoms with Crippen molar-refractivity contribution < 1.29 is 19.1 Å². The molecule has 1 aliphatic rings. The van der Waals surface area contributed by atoms with Crippen LogP contribution in [0.15, 0.2) is 47.8 Å². The van der Waals surface area contributed by atoms with Crippen LogP contribution in [0.25, 0.3) is 10.6 Å². The summed E-state index contributed by atoms with van der Waals surface area (Å²) in [5.41, 5.74) is 0.798. The van der Waals surface area contributed by atoms with E-state index in [0.717, 1.165) is 10.6 Å². The van der Waals surface area contributed by atoms with Crippen molar-refractivity contribution in [3.63, 3.8) is 0 Å². The lowest BCUT2D eigenvalue weighted by atomic mass is 9.91. The minimum absolute atomic E-state index is 0.0640. The third-order valence-corrected chi connectivity index (χ3v) is 6.47. The smallest absolute Gasteiger partial charge is 0.325 e. The van der Waals surface area contributed by atoms with Crippen LogP contribution in [0.1, 0.15) is 18.2 Å². The number of carbonyl (C=O) groups excluding carboxylic acids is 2. The first kappa shape index (κ1) is 21.1. The zero-order chi connectivity index (χ0) is 22.2. The first-order valence-corrected chi connectivity index (χ1v) is 10.7. The quantitative estimate of drug-likeness (QED) is 0.553. The topological polar surface area (TPSA) is 80.8 Å². The van der Waals surface area contributed by atoms with Gasteiger partial charge >= 0.3 is 6.03 Å². The van der Waals surface area contributed by atoms with Crippen molar-refractivity contribution in [2.75, 3.05) is 14.2 Å². The molecule has 31 heavy (non-hydrogen) atoms. The number of benzene rings is 2. The van der Waals surface area contributed by atoms with E-state index in [-0.39, 0.29) is 12.5 Å². The van der Waals surface area contributed by atoms with Gasteiger partial charge < -0.3 is 14.8 Å². The van der Waals surface area contributed by atoms with Crippen LogP contribution in [0.4, 0.5) is 4.79 Å². The fourth-order valence-corrected chi connectivity index (χ4v) is 4.61. The minimum atomic E-state index is -1.22. The van der Waals surface area contributed by atoms with Gasteiger partial charge in [-0.15, -0.1) is 11.3 Å².